The molecule has 0 amide bonds. The Balaban J connectivity index is 2.27. The summed E-state index contributed by atoms with van der Waals surface area (Å²) in [5, 5.41) is -0.242. The SMILES string of the molecule is CS(=O)(=O)C1CCCC(C(NN)c2cc(I)ccc2Br)C1. The minimum atomic E-state index is -2.98. The number of hydrogen-bond donors (Lipinski definition) is 2. The lowest BCUT2D eigenvalue weighted by Crippen LogP contribution is -2.38. The van der Waals surface area contributed by atoms with Crippen molar-refractivity contribution in [2.24, 2.45) is 11.8 Å². The molecule has 0 aliphatic heterocycles. The Bertz CT molecular complexity index is 609. The lowest BCUT2D eigenvalue weighted by Gasteiger charge is -2.34. The van der Waals surface area contributed by atoms with Gasteiger partial charge in [-0.2, -0.15) is 0 Å². The van der Waals surface area contributed by atoms with Crippen molar-refractivity contribution >= 4 is 48.4 Å². The summed E-state index contributed by atoms with van der Waals surface area (Å²) in [4.78, 5) is 0. The molecule has 0 radical (unpaired) electrons. The van der Waals surface area contributed by atoms with E-state index in [0.717, 1.165) is 32.9 Å². The molecule has 2 rings (SSSR count). The fourth-order valence-electron chi connectivity index (χ4n) is 3.11. The molecule has 0 bridgehead atoms. The highest BCUT2D eigenvalue weighted by Crippen LogP contribution is 2.39. The highest BCUT2D eigenvalue weighted by Gasteiger charge is 2.34. The molecule has 0 aromatic heterocycles. The molecule has 118 valence electrons. The third-order valence-electron chi connectivity index (χ3n) is 4.22. The zero-order valence-corrected chi connectivity index (χ0v) is 16.4. The van der Waals surface area contributed by atoms with Crippen molar-refractivity contribution in [1.29, 1.82) is 0 Å². The Morgan fingerprint density at radius 3 is 2.76 bits per heavy atom. The molecule has 3 N–H and O–H groups in total. The van der Waals surface area contributed by atoms with E-state index >= 15 is 0 Å². The third kappa shape index (κ3) is 4.40. The molecule has 1 saturated carbocycles. The Hall–Kier alpha value is 0.300. The first-order valence-corrected chi connectivity index (χ1v) is 10.8. The minimum Gasteiger partial charge on any atom is -0.271 e. The first-order valence-electron chi connectivity index (χ1n) is 6.93. The maximum Gasteiger partial charge on any atom is 0.150 e. The van der Waals surface area contributed by atoms with Gasteiger partial charge in [0.2, 0.25) is 0 Å². The zero-order valence-electron chi connectivity index (χ0n) is 11.9. The second-order valence-corrected chi connectivity index (χ2v) is 10.1. The van der Waals surface area contributed by atoms with Gasteiger partial charge in [0.15, 0.2) is 0 Å². The molecule has 1 fully saturated rings. The van der Waals surface area contributed by atoms with Crippen LogP contribution in [-0.2, 0) is 9.84 Å². The molecule has 0 spiro atoms. The van der Waals surface area contributed by atoms with Gasteiger partial charge < -0.3 is 0 Å². The second kappa shape index (κ2) is 7.25. The summed E-state index contributed by atoms with van der Waals surface area (Å²) in [7, 11) is -2.98. The first-order chi connectivity index (χ1) is 9.82. The van der Waals surface area contributed by atoms with E-state index < -0.39 is 9.84 Å². The molecule has 21 heavy (non-hydrogen) atoms. The van der Waals surface area contributed by atoms with Crippen molar-refractivity contribution in [1.82, 2.24) is 5.43 Å². The Morgan fingerprint density at radius 2 is 2.14 bits per heavy atom. The number of hydrazine groups is 1. The quantitative estimate of drug-likeness (QED) is 0.389. The van der Waals surface area contributed by atoms with E-state index in [1.807, 2.05) is 12.1 Å². The summed E-state index contributed by atoms with van der Waals surface area (Å²) in [6.45, 7) is 0. The zero-order chi connectivity index (χ0) is 15.6. The summed E-state index contributed by atoms with van der Waals surface area (Å²) in [6, 6.07) is 6.11. The van der Waals surface area contributed by atoms with Crippen LogP contribution in [0.3, 0.4) is 0 Å². The minimum absolute atomic E-state index is 0.0290. The van der Waals surface area contributed by atoms with Gasteiger partial charge in [-0.3, -0.25) is 11.3 Å². The fraction of sp³-hybridized carbons (Fsp3) is 0.571. The molecule has 3 atom stereocenters. The number of nitrogens with one attached hydrogen (secondary N) is 1. The van der Waals surface area contributed by atoms with Crippen molar-refractivity contribution < 1.29 is 8.42 Å². The predicted molar refractivity (Wildman–Crippen MR) is 97.5 cm³/mol. The van der Waals surface area contributed by atoms with Crippen molar-refractivity contribution in [2.75, 3.05) is 6.26 Å². The lowest BCUT2D eigenvalue weighted by molar-refractivity contribution is 0.274. The fourth-order valence-corrected chi connectivity index (χ4v) is 5.31. The predicted octanol–water partition coefficient (Wildman–Crippen LogP) is 3.16. The third-order valence-corrected chi connectivity index (χ3v) is 7.25. The molecule has 0 saturated heterocycles. The average molecular weight is 487 g/mol. The molecule has 1 aliphatic carbocycles. The highest BCUT2D eigenvalue weighted by molar-refractivity contribution is 14.1. The molecular weight excluding hydrogens is 467 g/mol. The number of halogens is 2. The van der Waals surface area contributed by atoms with Gasteiger partial charge >= 0.3 is 0 Å². The summed E-state index contributed by atoms with van der Waals surface area (Å²) in [5.41, 5.74) is 4.00. The van der Waals surface area contributed by atoms with Gasteiger partial charge in [0.1, 0.15) is 9.84 Å². The van der Waals surface area contributed by atoms with Gasteiger partial charge in [-0.15, -0.1) is 0 Å². The van der Waals surface area contributed by atoms with E-state index in [0.29, 0.717) is 6.42 Å². The standard InChI is InChI=1S/C14H20BrIN2O2S/c1-21(19,20)11-4-2-3-9(7-11)14(18-17)12-8-10(16)5-6-13(12)15/h5-6,8-9,11,14,18H,2-4,7,17H2,1H3. The van der Waals surface area contributed by atoms with Crippen LogP contribution in [0.2, 0.25) is 0 Å². The average Bonchev–Trinajstić information content (AvgIpc) is 2.43. The summed E-state index contributed by atoms with van der Waals surface area (Å²) >= 11 is 5.85. The van der Waals surface area contributed by atoms with Crippen LogP contribution in [0, 0.1) is 9.49 Å². The Labute approximate surface area is 148 Å². The van der Waals surface area contributed by atoms with E-state index in [2.05, 4.69) is 50.0 Å². The normalized spacial score (nSPS) is 24.8. The molecule has 1 aromatic carbocycles. The van der Waals surface area contributed by atoms with Gasteiger partial charge in [-0.05, 0) is 71.5 Å². The van der Waals surface area contributed by atoms with E-state index in [1.54, 1.807) is 0 Å². The van der Waals surface area contributed by atoms with Crippen molar-refractivity contribution in [3.63, 3.8) is 0 Å². The first kappa shape index (κ1) is 17.7. The Morgan fingerprint density at radius 1 is 1.43 bits per heavy atom. The smallest absolute Gasteiger partial charge is 0.150 e. The van der Waals surface area contributed by atoms with E-state index in [1.165, 1.54) is 6.26 Å². The molecule has 3 unspecified atom stereocenters. The summed E-state index contributed by atoms with van der Waals surface area (Å²) < 4.78 is 25.8. The summed E-state index contributed by atoms with van der Waals surface area (Å²) in [5.74, 6) is 6.02. The highest BCUT2D eigenvalue weighted by atomic mass is 127. The van der Waals surface area contributed by atoms with Crippen molar-refractivity contribution in [3.05, 3.63) is 31.8 Å². The maximum absolute atomic E-state index is 11.8. The monoisotopic (exact) mass is 486 g/mol. The molecule has 1 aliphatic rings. The van der Waals surface area contributed by atoms with Crippen LogP contribution in [0.5, 0.6) is 0 Å². The number of rotatable bonds is 4. The number of sulfone groups is 1. The number of nitrogens with two attached hydrogens (primary N) is 1. The largest absolute Gasteiger partial charge is 0.271 e. The maximum atomic E-state index is 11.8. The molecule has 4 nitrogen and oxygen atoms in total. The van der Waals surface area contributed by atoms with Gasteiger partial charge in [0.05, 0.1) is 5.25 Å². The molecule has 1 aromatic rings. The van der Waals surface area contributed by atoms with Crippen molar-refractivity contribution in [3.8, 4) is 0 Å². The summed E-state index contributed by atoms with van der Waals surface area (Å²) in [6.07, 6.45) is 4.71. The van der Waals surface area contributed by atoms with Gasteiger partial charge in [0, 0.05) is 20.3 Å². The number of benzene rings is 1. The van der Waals surface area contributed by atoms with E-state index in [9.17, 15) is 8.42 Å². The van der Waals surface area contributed by atoms with Gasteiger partial charge in [-0.1, -0.05) is 22.4 Å². The van der Waals surface area contributed by atoms with E-state index in [-0.39, 0.29) is 17.2 Å². The van der Waals surface area contributed by atoms with Crippen LogP contribution in [0.4, 0.5) is 0 Å². The van der Waals surface area contributed by atoms with Crippen LogP contribution in [0.25, 0.3) is 0 Å². The molecule has 0 heterocycles. The van der Waals surface area contributed by atoms with Crippen LogP contribution < -0.4 is 11.3 Å². The van der Waals surface area contributed by atoms with Crippen molar-refractivity contribution in [2.45, 2.75) is 37.0 Å². The van der Waals surface area contributed by atoms with Gasteiger partial charge in [-0.25, -0.2) is 8.42 Å². The van der Waals surface area contributed by atoms with Crippen LogP contribution >= 0.6 is 38.5 Å². The molecular formula is C14H20BrIN2O2S. The topological polar surface area (TPSA) is 72.2 Å². The van der Waals surface area contributed by atoms with Crippen LogP contribution in [-0.4, -0.2) is 19.9 Å². The van der Waals surface area contributed by atoms with Crippen LogP contribution in [0.1, 0.15) is 37.3 Å². The number of hydrogen-bond acceptors (Lipinski definition) is 4. The lowest BCUT2D eigenvalue weighted by atomic mass is 9.81. The second-order valence-electron chi connectivity index (χ2n) is 5.69. The van der Waals surface area contributed by atoms with Crippen LogP contribution in [0.15, 0.2) is 22.7 Å². The molecule has 7 heteroatoms. The van der Waals surface area contributed by atoms with Gasteiger partial charge in [0.25, 0.3) is 0 Å². The Kier molecular flexibility index (Phi) is 6.09. The van der Waals surface area contributed by atoms with E-state index in [4.69, 9.17) is 5.84 Å².